The molecule has 4 aromatic rings. The van der Waals surface area contributed by atoms with Crippen molar-refractivity contribution in [1.29, 1.82) is 0 Å². The Morgan fingerprint density at radius 2 is 1.88 bits per heavy atom. The predicted molar refractivity (Wildman–Crippen MR) is 101 cm³/mol. The second kappa shape index (κ2) is 6.34. The van der Waals surface area contributed by atoms with E-state index >= 15 is 0 Å². The Bertz CT molecular complexity index is 1080. The molecular formula is C17H13ClN4O2S. The van der Waals surface area contributed by atoms with Gasteiger partial charge in [-0.15, -0.1) is 0 Å². The topological polar surface area (TPSA) is 69.2 Å². The molecule has 0 aliphatic heterocycles. The maximum Gasteiger partial charge on any atom is 0.189 e. The smallest absolute Gasteiger partial charge is 0.189 e. The highest BCUT2D eigenvalue weighted by atomic mass is 35.5. The number of halogens is 1. The van der Waals surface area contributed by atoms with E-state index in [0.29, 0.717) is 27.5 Å². The fraction of sp³-hybridized carbons (Fsp3) is 0.118. The minimum atomic E-state index is 0.611. The van der Waals surface area contributed by atoms with E-state index in [-0.39, 0.29) is 0 Å². The predicted octanol–water partition coefficient (Wildman–Crippen LogP) is 4.65. The minimum absolute atomic E-state index is 0.611. The summed E-state index contributed by atoms with van der Waals surface area (Å²) >= 11 is 7.71. The molecule has 0 saturated carbocycles. The monoisotopic (exact) mass is 372 g/mol. The third-order valence-corrected chi connectivity index (χ3v) is 4.98. The first-order chi connectivity index (χ1) is 12.2. The van der Waals surface area contributed by atoms with Crippen molar-refractivity contribution in [3.8, 4) is 11.5 Å². The van der Waals surface area contributed by atoms with E-state index in [2.05, 4.69) is 20.3 Å². The van der Waals surface area contributed by atoms with E-state index in [0.717, 1.165) is 21.1 Å². The van der Waals surface area contributed by atoms with Crippen LogP contribution in [-0.4, -0.2) is 29.2 Å². The third-order valence-electron chi connectivity index (χ3n) is 3.74. The number of anilines is 2. The minimum Gasteiger partial charge on any atom is -0.493 e. The Kier molecular flexibility index (Phi) is 4.03. The third kappa shape index (κ3) is 2.81. The van der Waals surface area contributed by atoms with Crippen LogP contribution in [0.15, 0.2) is 36.7 Å². The zero-order chi connectivity index (χ0) is 17.4. The molecule has 6 nitrogen and oxygen atoms in total. The highest BCUT2D eigenvalue weighted by Crippen LogP contribution is 2.36. The summed E-state index contributed by atoms with van der Waals surface area (Å²) in [5.41, 5.74) is 1.52. The maximum atomic E-state index is 6.20. The van der Waals surface area contributed by atoms with Gasteiger partial charge in [0.25, 0.3) is 0 Å². The van der Waals surface area contributed by atoms with Crippen molar-refractivity contribution in [2.45, 2.75) is 0 Å². The molecular weight excluding hydrogens is 360 g/mol. The highest BCUT2D eigenvalue weighted by molar-refractivity contribution is 7.22. The fourth-order valence-electron chi connectivity index (χ4n) is 2.55. The molecule has 2 aromatic carbocycles. The van der Waals surface area contributed by atoms with Crippen LogP contribution in [0.3, 0.4) is 0 Å². The zero-order valence-electron chi connectivity index (χ0n) is 13.4. The second-order valence-corrected chi connectivity index (χ2v) is 6.62. The Balaban J connectivity index is 1.81. The maximum absolute atomic E-state index is 6.20. The van der Waals surface area contributed by atoms with Gasteiger partial charge in [-0.1, -0.05) is 29.0 Å². The largest absolute Gasteiger partial charge is 0.493 e. The first kappa shape index (κ1) is 15.9. The van der Waals surface area contributed by atoms with Gasteiger partial charge in [-0.25, -0.2) is 15.0 Å². The molecule has 0 unspecified atom stereocenters. The quantitative estimate of drug-likeness (QED) is 0.562. The van der Waals surface area contributed by atoms with Gasteiger partial charge in [0.1, 0.15) is 17.7 Å². The van der Waals surface area contributed by atoms with Crippen molar-refractivity contribution < 1.29 is 9.47 Å². The Hall–Kier alpha value is -2.64. The van der Waals surface area contributed by atoms with Crippen LogP contribution in [0.5, 0.6) is 11.5 Å². The SMILES string of the molecule is COc1cc2ncnc(Nc3nc4c(Cl)cccc4s3)c2cc1OC. The van der Waals surface area contributed by atoms with Crippen molar-refractivity contribution in [1.82, 2.24) is 15.0 Å². The van der Waals surface area contributed by atoms with Gasteiger partial charge in [0.15, 0.2) is 16.6 Å². The summed E-state index contributed by atoms with van der Waals surface area (Å²) in [6.45, 7) is 0. The van der Waals surface area contributed by atoms with Crippen LogP contribution in [0.25, 0.3) is 21.1 Å². The van der Waals surface area contributed by atoms with Crippen LogP contribution in [0.2, 0.25) is 5.02 Å². The van der Waals surface area contributed by atoms with Gasteiger partial charge in [-0.05, 0) is 18.2 Å². The number of ether oxygens (including phenoxy) is 2. The lowest BCUT2D eigenvalue weighted by atomic mass is 10.2. The molecule has 0 saturated heterocycles. The van der Waals surface area contributed by atoms with E-state index in [1.165, 1.54) is 17.7 Å². The number of rotatable bonds is 4. The number of nitrogens with zero attached hydrogens (tertiary/aromatic N) is 3. The Labute approximate surface area is 152 Å². The lowest BCUT2D eigenvalue weighted by Crippen LogP contribution is -1.97. The lowest BCUT2D eigenvalue weighted by Gasteiger charge is -2.11. The van der Waals surface area contributed by atoms with Crippen LogP contribution >= 0.6 is 22.9 Å². The highest BCUT2D eigenvalue weighted by Gasteiger charge is 2.13. The molecule has 2 heterocycles. The van der Waals surface area contributed by atoms with Crippen molar-refractivity contribution in [3.05, 3.63) is 41.7 Å². The van der Waals surface area contributed by atoms with Crippen LogP contribution < -0.4 is 14.8 Å². The standard InChI is InChI=1S/C17H13ClN4O2S/c1-23-12-6-9-11(7-13(12)24-2)19-8-20-16(9)22-17-21-15-10(18)4-3-5-14(15)25-17/h3-8H,1-2H3,(H,19,20,21,22). The number of methoxy groups -OCH3 is 2. The van der Waals surface area contributed by atoms with E-state index in [9.17, 15) is 0 Å². The van der Waals surface area contributed by atoms with Crippen LogP contribution in [0.1, 0.15) is 0 Å². The van der Waals surface area contributed by atoms with Crippen molar-refractivity contribution >= 4 is 55.0 Å². The van der Waals surface area contributed by atoms with E-state index in [1.54, 1.807) is 14.2 Å². The molecule has 126 valence electrons. The van der Waals surface area contributed by atoms with E-state index in [1.807, 2.05) is 30.3 Å². The van der Waals surface area contributed by atoms with Crippen LogP contribution in [0, 0.1) is 0 Å². The van der Waals surface area contributed by atoms with Crippen molar-refractivity contribution in [2.75, 3.05) is 19.5 Å². The van der Waals surface area contributed by atoms with Gasteiger partial charge in [-0.3, -0.25) is 0 Å². The molecule has 0 amide bonds. The van der Waals surface area contributed by atoms with E-state index in [4.69, 9.17) is 21.1 Å². The summed E-state index contributed by atoms with van der Waals surface area (Å²) in [5.74, 6) is 1.87. The molecule has 0 fully saturated rings. The first-order valence-corrected chi connectivity index (χ1v) is 8.58. The number of para-hydroxylation sites is 1. The average molecular weight is 373 g/mol. The molecule has 4 rings (SSSR count). The number of benzene rings is 2. The molecule has 8 heteroatoms. The average Bonchev–Trinajstić information content (AvgIpc) is 3.05. The first-order valence-electron chi connectivity index (χ1n) is 7.38. The van der Waals surface area contributed by atoms with Gasteiger partial charge >= 0.3 is 0 Å². The van der Waals surface area contributed by atoms with Gasteiger partial charge in [0.05, 0.1) is 29.5 Å². The fourth-order valence-corrected chi connectivity index (χ4v) is 3.72. The van der Waals surface area contributed by atoms with Crippen LogP contribution in [-0.2, 0) is 0 Å². The molecule has 0 aliphatic rings. The van der Waals surface area contributed by atoms with Gasteiger partial charge in [0, 0.05) is 11.5 Å². The number of hydrogen-bond acceptors (Lipinski definition) is 7. The van der Waals surface area contributed by atoms with Crippen molar-refractivity contribution in [3.63, 3.8) is 0 Å². The Morgan fingerprint density at radius 3 is 2.64 bits per heavy atom. The molecule has 0 spiro atoms. The van der Waals surface area contributed by atoms with Crippen molar-refractivity contribution in [2.24, 2.45) is 0 Å². The zero-order valence-corrected chi connectivity index (χ0v) is 15.0. The van der Waals surface area contributed by atoms with Gasteiger partial charge in [0.2, 0.25) is 0 Å². The summed E-state index contributed by atoms with van der Waals surface area (Å²) in [4.78, 5) is 13.2. The number of nitrogens with one attached hydrogen (secondary N) is 1. The molecule has 2 aromatic heterocycles. The van der Waals surface area contributed by atoms with Crippen LogP contribution in [0.4, 0.5) is 10.9 Å². The molecule has 25 heavy (non-hydrogen) atoms. The molecule has 0 aliphatic carbocycles. The number of thiazole rings is 1. The summed E-state index contributed by atoms with van der Waals surface area (Å²) in [5, 5.41) is 5.40. The second-order valence-electron chi connectivity index (χ2n) is 5.18. The number of hydrogen-bond donors (Lipinski definition) is 1. The molecule has 0 bridgehead atoms. The molecule has 1 N–H and O–H groups in total. The Morgan fingerprint density at radius 1 is 1.08 bits per heavy atom. The number of aromatic nitrogens is 3. The summed E-state index contributed by atoms with van der Waals surface area (Å²) < 4.78 is 11.7. The van der Waals surface area contributed by atoms with E-state index < -0.39 is 0 Å². The molecule has 0 radical (unpaired) electrons. The summed E-state index contributed by atoms with van der Waals surface area (Å²) in [6.07, 6.45) is 1.50. The number of fused-ring (bicyclic) bond motifs is 2. The van der Waals surface area contributed by atoms with Gasteiger partial charge in [-0.2, -0.15) is 0 Å². The summed E-state index contributed by atoms with van der Waals surface area (Å²) in [6, 6.07) is 9.37. The normalized spacial score (nSPS) is 11.0. The lowest BCUT2D eigenvalue weighted by molar-refractivity contribution is 0.356. The molecule has 0 atom stereocenters. The summed E-state index contributed by atoms with van der Waals surface area (Å²) in [7, 11) is 3.19. The van der Waals surface area contributed by atoms with Gasteiger partial charge < -0.3 is 14.8 Å².